The lowest BCUT2D eigenvalue weighted by atomic mass is 9.91. The smallest absolute Gasteiger partial charge is 0.330 e. The number of nitrogens with one attached hydrogen (secondary N) is 1. The second-order valence-corrected chi connectivity index (χ2v) is 4.40. The van der Waals surface area contributed by atoms with Crippen molar-refractivity contribution in [1.82, 2.24) is 5.32 Å². The Labute approximate surface area is 103 Å². The van der Waals surface area contributed by atoms with E-state index in [2.05, 4.69) is 5.32 Å². The summed E-state index contributed by atoms with van der Waals surface area (Å²) in [4.78, 5) is 11.7. The first-order chi connectivity index (χ1) is 8.18. The van der Waals surface area contributed by atoms with Gasteiger partial charge in [0.1, 0.15) is 4.99 Å². The number of thiocarbonyl (C=S) groups is 1. The third kappa shape index (κ3) is 1.41. The highest BCUT2D eigenvalue weighted by Crippen LogP contribution is 2.31. The van der Waals surface area contributed by atoms with Crippen molar-refractivity contribution in [1.29, 1.82) is 0 Å². The number of carboxylic acid groups (broad SMARTS) is 1. The molecule has 0 aromatic heterocycles. The Bertz CT molecular complexity index is 646. The van der Waals surface area contributed by atoms with Crippen molar-refractivity contribution in [2.24, 2.45) is 0 Å². The molecule has 0 saturated heterocycles. The summed E-state index contributed by atoms with van der Waals surface area (Å²) >= 11 is 5.22. The maximum atomic E-state index is 11.2. The normalized spacial score (nSPS) is 17.9. The standard InChI is InChI=1S/C13H9NO2S/c15-13(16)11-8-5-1-3-7-4-2-6-9(10(7)8)12(17)14-11/h1-6,11H,(H,14,17)(H,15,16). The Morgan fingerprint density at radius 2 is 1.94 bits per heavy atom. The molecule has 4 heteroatoms. The molecule has 1 aliphatic heterocycles. The van der Waals surface area contributed by atoms with Crippen LogP contribution >= 0.6 is 12.2 Å². The number of carboxylic acids is 1. The molecule has 17 heavy (non-hydrogen) atoms. The van der Waals surface area contributed by atoms with Crippen LogP contribution in [-0.4, -0.2) is 16.1 Å². The van der Waals surface area contributed by atoms with Crippen molar-refractivity contribution in [2.45, 2.75) is 6.04 Å². The minimum atomic E-state index is -0.908. The molecule has 1 unspecified atom stereocenters. The van der Waals surface area contributed by atoms with Gasteiger partial charge < -0.3 is 10.4 Å². The van der Waals surface area contributed by atoms with Crippen LogP contribution in [0.2, 0.25) is 0 Å². The molecule has 0 amide bonds. The van der Waals surface area contributed by atoms with Crippen molar-refractivity contribution in [3.8, 4) is 0 Å². The Morgan fingerprint density at radius 3 is 2.65 bits per heavy atom. The van der Waals surface area contributed by atoms with Gasteiger partial charge in [0.05, 0.1) is 0 Å². The highest BCUT2D eigenvalue weighted by Gasteiger charge is 2.28. The first kappa shape index (κ1) is 10.2. The molecule has 0 saturated carbocycles. The first-order valence-electron chi connectivity index (χ1n) is 5.24. The van der Waals surface area contributed by atoms with Crippen LogP contribution < -0.4 is 5.32 Å². The fourth-order valence-electron chi connectivity index (χ4n) is 2.28. The largest absolute Gasteiger partial charge is 0.479 e. The molecule has 2 aromatic carbocycles. The Hall–Kier alpha value is -1.94. The molecule has 1 atom stereocenters. The summed E-state index contributed by atoms with van der Waals surface area (Å²) in [6.45, 7) is 0. The van der Waals surface area contributed by atoms with Gasteiger partial charge in [-0.1, -0.05) is 48.6 Å². The molecule has 84 valence electrons. The van der Waals surface area contributed by atoms with Gasteiger partial charge in [-0.3, -0.25) is 0 Å². The van der Waals surface area contributed by atoms with E-state index in [1.807, 2.05) is 36.4 Å². The van der Waals surface area contributed by atoms with E-state index in [1.54, 1.807) is 0 Å². The highest BCUT2D eigenvalue weighted by atomic mass is 32.1. The fourth-order valence-corrected chi connectivity index (χ4v) is 2.57. The third-order valence-corrected chi connectivity index (χ3v) is 3.35. The van der Waals surface area contributed by atoms with Crippen LogP contribution in [0.1, 0.15) is 17.2 Å². The lowest BCUT2D eigenvalue weighted by Crippen LogP contribution is -2.36. The van der Waals surface area contributed by atoms with E-state index in [1.165, 1.54) is 0 Å². The van der Waals surface area contributed by atoms with Crippen LogP contribution in [0.15, 0.2) is 36.4 Å². The second kappa shape index (κ2) is 3.53. The van der Waals surface area contributed by atoms with Crippen LogP contribution in [0, 0.1) is 0 Å². The van der Waals surface area contributed by atoms with Gasteiger partial charge >= 0.3 is 5.97 Å². The van der Waals surface area contributed by atoms with Gasteiger partial charge in [0.15, 0.2) is 6.04 Å². The van der Waals surface area contributed by atoms with Crippen LogP contribution in [0.3, 0.4) is 0 Å². The van der Waals surface area contributed by atoms with E-state index < -0.39 is 12.0 Å². The summed E-state index contributed by atoms with van der Waals surface area (Å²) in [7, 11) is 0. The van der Waals surface area contributed by atoms with E-state index in [0.29, 0.717) is 4.99 Å². The average molecular weight is 243 g/mol. The predicted molar refractivity (Wildman–Crippen MR) is 69.2 cm³/mol. The molecule has 0 spiro atoms. The van der Waals surface area contributed by atoms with Gasteiger partial charge in [-0.2, -0.15) is 0 Å². The Morgan fingerprint density at radius 1 is 1.24 bits per heavy atom. The molecule has 0 aliphatic carbocycles. The zero-order chi connectivity index (χ0) is 12.0. The lowest BCUT2D eigenvalue weighted by Gasteiger charge is -2.25. The number of hydrogen-bond acceptors (Lipinski definition) is 2. The molecule has 2 N–H and O–H groups in total. The van der Waals surface area contributed by atoms with Gasteiger partial charge in [-0.05, 0) is 16.3 Å². The summed E-state index contributed by atoms with van der Waals surface area (Å²) in [6.07, 6.45) is 0. The second-order valence-electron chi connectivity index (χ2n) is 4.00. The molecule has 3 rings (SSSR count). The van der Waals surface area contributed by atoms with Crippen LogP contribution in [0.25, 0.3) is 10.8 Å². The molecular formula is C13H9NO2S. The van der Waals surface area contributed by atoms with Gasteiger partial charge in [-0.15, -0.1) is 0 Å². The van der Waals surface area contributed by atoms with E-state index in [4.69, 9.17) is 12.2 Å². The van der Waals surface area contributed by atoms with Crippen molar-refractivity contribution >= 4 is 33.9 Å². The van der Waals surface area contributed by atoms with Gasteiger partial charge in [0, 0.05) is 5.56 Å². The van der Waals surface area contributed by atoms with Crippen molar-refractivity contribution in [3.63, 3.8) is 0 Å². The number of hydrogen-bond donors (Lipinski definition) is 2. The summed E-state index contributed by atoms with van der Waals surface area (Å²) in [6, 6.07) is 10.7. The van der Waals surface area contributed by atoms with E-state index >= 15 is 0 Å². The van der Waals surface area contributed by atoms with Gasteiger partial charge in [-0.25, -0.2) is 4.79 Å². The van der Waals surface area contributed by atoms with Crippen molar-refractivity contribution < 1.29 is 9.90 Å². The molecule has 2 aromatic rings. The molecule has 1 aliphatic rings. The maximum Gasteiger partial charge on any atom is 0.330 e. The molecule has 0 bridgehead atoms. The zero-order valence-corrected chi connectivity index (χ0v) is 9.62. The number of aliphatic carboxylic acids is 1. The van der Waals surface area contributed by atoms with Gasteiger partial charge in [0.25, 0.3) is 0 Å². The average Bonchev–Trinajstić information content (AvgIpc) is 2.33. The van der Waals surface area contributed by atoms with E-state index in [0.717, 1.165) is 21.9 Å². The SMILES string of the molecule is O=C(O)C1NC(=S)c2cccc3cccc1c23. The maximum absolute atomic E-state index is 11.2. The Kier molecular flexibility index (Phi) is 2.12. The molecule has 0 fully saturated rings. The van der Waals surface area contributed by atoms with Crippen LogP contribution in [0.5, 0.6) is 0 Å². The van der Waals surface area contributed by atoms with Crippen LogP contribution in [0.4, 0.5) is 0 Å². The van der Waals surface area contributed by atoms with E-state index in [-0.39, 0.29) is 0 Å². The van der Waals surface area contributed by atoms with Crippen molar-refractivity contribution in [3.05, 3.63) is 47.5 Å². The summed E-state index contributed by atoms with van der Waals surface area (Å²) in [5.74, 6) is -0.908. The van der Waals surface area contributed by atoms with E-state index in [9.17, 15) is 9.90 Å². The minimum Gasteiger partial charge on any atom is -0.479 e. The van der Waals surface area contributed by atoms with Crippen LogP contribution in [-0.2, 0) is 4.79 Å². The first-order valence-corrected chi connectivity index (χ1v) is 5.64. The Balaban J connectivity index is 2.42. The number of rotatable bonds is 1. The topological polar surface area (TPSA) is 49.3 Å². The highest BCUT2D eigenvalue weighted by molar-refractivity contribution is 7.80. The molecule has 3 nitrogen and oxygen atoms in total. The third-order valence-electron chi connectivity index (χ3n) is 3.01. The number of benzene rings is 2. The monoisotopic (exact) mass is 243 g/mol. The van der Waals surface area contributed by atoms with Gasteiger partial charge in [0.2, 0.25) is 0 Å². The summed E-state index contributed by atoms with van der Waals surface area (Å²) in [5, 5.41) is 14.0. The summed E-state index contributed by atoms with van der Waals surface area (Å²) < 4.78 is 0. The fraction of sp³-hybridized carbons (Fsp3) is 0.0769. The quantitative estimate of drug-likeness (QED) is 0.754. The lowest BCUT2D eigenvalue weighted by molar-refractivity contribution is -0.139. The predicted octanol–water partition coefficient (Wildman–Crippen LogP) is 2.24. The minimum absolute atomic E-state index is 0.502. The molecular weight excluding hydrogens is 234 g/mol. The number of carbonyl (C=O) groups is 1. The molecule has 0 radical (unpaired) electrons. The van der Waals surface area contributed by atoms with Crippen molar-refractivity contribution in [2.75, 3.05) is 0 Å². The molecule has 1 heterocycles. The zero-order valence-electron chi connectivity index (χ0n) is 8.81. The summed E-state index contributed by atoms with van der Waals surface area (Å²) in [5.41, 5.74) is 1.69.